The molecule has 8 rings (SSSR count). The molecule has 3 N–H and O–H groups in total. The van der Waals surface area contributed by atoms with Crippen molar-refractivity contribution in [2.75, 3.05) is 18.2 Å². The molecule has 11 nitrogen and oxygen atoms in total. The number of carbonyl (C=O) groups excluding carboxylic acids is 2. The number of carboxylic acids is 1. The van der Waals surface area contributed by atoms with Crippen LogP contribution in [0.25, 0.3) is 10.2 Å². The monoisotopic (exact) mass is 790 g/mol. The number of β-lactam (4-membered cyclic amide) rings is 1. The predicted molar refractivity (Wildman–Crippen MR) is 214 cm³/mol. The van der Waals surface area contributed by atoms with Gasteiger partial charge in [-0.2, -0.15) is 0 Å². The number of aliphatic carboxylic acids is 1. The van der Waals surface area contributed by atoms with E-state index in [0.717, 1.165) is 26.9 Å². The molecule has 0 bridgehead atoms. The van der Waals surface area contributed by atoms with Gasteiger partial charge in [0, 0.05) is 16.0 Å². The molecular formula is C39H30N6O5S4. The maximum absolute atomic E-state index is 13.8. The lowest BCUT2D eigenvalue weighted by Crippen LogP contribution is -2.71. The minimum atomic E-state index is -1.22. The molecule has 0 radical (unpaired) electrons. The van der Waals surface area contributed by atoms with Crippen LogP contribution in [0.3, 0.4) is 0 Å². The van der Waals surface area contributed by atoms with E-state index in [1.165, 1.54) is 58.2 Å². The lowest BCUT2D eigenvalue weighted by Gasteiger charge is -2.49. The molecule has 270 valence electrons. The minimum Gasteiger partial charge on any atom is -0.477 e. The Labute approximate surface area is 326 Å². The number of nitrogens with zero attached hydrogens (tertiary/aromatic N) is 4. The molecule has 4 heterocycles. The zero-order chi connectivity index (χ0) is 37.2. The lowest BCUT2D eigenvalue weighted by molar-refractivity contribution is -0.150. The molecule has 0 saturated carbocycles. The number of amides is 2. The van der Waals surface area contributed by atoms with Crippen molar-refractivity contribution in [2.24, 2.45) is 5.16 Å². The molecule has 6 aromatic rings. The average molecular weight is 791 g/mol. The van der Waals surface area contributed by atoms with Crippen LogP contribution in [-0.2, 0) is 24.8 Å². The standard InChI is InChI=1S/C39H30N6O5S4/c1-50-44-30(27-21-52-37(40-27)43-39(23-13-5-2-6-14-23,24-15-7-3-8-16-24)25-17-9-4-10-18-25)33(46)42-31-34(47)45-32(36(48)49)29(22-51-35(31)45)54-38-41-26-19-11-12-20-28(26)53-38/h2-21,31,35H,22H2,1H3,(H,40,43)(H,42,46)(H,48,49)/b44-30-/t31?,35-/m0/s1. The van der Waals surface area contributed by atoms with Gasteiger partial charge in [0.05, 0.1) is 10.2 Å². The van der Waals surface area contributed by atoms with Gasteiger partial charge in [-0.25, -0.2) is 14.8 Å². The van der Waals surface area contributed by atoms with Crippen LogP contribution in [0.2, 0.25) is 0 Å². The molecule has 0 aliphatic carbocycles. The predicted octanol–water partition coefficient (Wildman–Crippen LogP) is 7.00. The number of carbonyl (C=O) groups is 3. The van der Waals surface area contributed by atoms with E-state index in [2.05, 4.69) is 57.2 Å². The number of carboxylic acid groups (broad SMARTS) is 1. The first-order valence-electron chi connectivity index (χ1n) is 16.6. The van der Waals surface area contributed by atoms with Gasteiger partial charge < -0.3 is 20.6 Å². The van der Waals surface area contributed by atoms with E-state index >= 15 is 0 Å². The van der Waals surface area contributed by atoms with Crippen molar-refractivity contribution >= 4 is 85.0 Å². The van der Waals surface area contributed by atoms with Crippen molar-refractivity contribution in [3.05, 3.63) is 154 Å². The molecule has 2 aromatic heterocycles. The summed E-state index contributed by atoms with van der Waals surface area (Å²) in [4.78, 5) is 56.2. The van der Waals surface area contributed by atoms with Crippen molar-refractivity contribution in [1.82, 2.24) is 20.2 Å². The third-order valence-electron chi connectivity index (χ3n) is 8.97. The number of hydrogen-bond acceptors (Lipinski definition) is 12. The highest BCUT2D eigenvalue weighted by Crippen LogP contribution is 2.46. The summed E-state index contributed by atoms with van der Waals surface area (Å²) in [6.45, 7) is 0. The molecule has 2 atom stereocenters. The summed E-state index contributed by atoms with van der Waals surface area (Å²) in [7, 11) is 1.33. The van der Waals surface area contributed by atoms with E-state index in [0.29, 0.717) is 20.1 Å². The number of benzene rings is 4. The van der Waals surface area contributed by atoms with Crippen molar-refractivity contribution in [3.8, 4) is 0 Å². The fraction of sp³-hybridized carbons (Fsp3) is 0.128. The van der Waals surface area contributed by atoms with Gasteiger partial charge >= 0.3 is 5.97 Å². The van der Waals surface area contributed by atoms with Gasteiger partial charge in [-0.05, 0) is 28.8 Å². The first-order chi connectivity index (χ1) is 26.4. The summed E-state index contributed by atoms with van der Waals surface area (Å²) < 4.78 is 1.67. The van der Waals surface area contributed by atoms with Crippen LogP contribution in [0.15, 0.2) is 141 Å². The van der Waals surface area contributed by atoms with Gasteiger partial charge in [0.15, 0.2) is 15.2 Å². The SMILES string of the molecule is CO/N=C(\C(=O)NC1C(=O)N2C(C(=O)O)=C(Sc3nc4ccccc4s3)CS[C@@H]12)c1csc(NC(c2ccccc2)(c2ccccc2)c2ccccc2)n1. The van der Waals surface area contributed by atoms with Gasteiger partial charge in [0.25, 0.3) is 11.8 Å². The maximum Gasteiger partial charge on any atom is 0.353 e. The van der Waals surface area contributed by atoms with Crippen LogP contribution < -0.4 is 10.6 Å². The molecule has 1 unspecified atom stereocenters. The fourth-order valence-electron chi connectivity index (χ4n) is 6.56. The van der Waals surface area contributed by atoms with Crippen molar-refractivity contribution in [3.63, 3.8) is 0 Å². The normalized spacial score (nSPS) is 17.2. The summed E-state index contributed by atoms with van der Waals surface area (Å²) in [6.07, 6.45) is 0. The van der Waals surface area contributed by atoms with E-state index in [1.54, 1.807) is 5.38 Å². The first-order valence-corrected chi connectivity index (χ1v) is 20.2. The van der Waals surface area contributed by atoms with Gasteiger partial charge in [-0.15, -0.1) is 34.4 Å². The molecule has 1 saturated heterocycles. The highest BCUT2D eigenvalue weighted by Gasteiger charge is 2.54. The van der Waals surface area contributed by atoms with E-state index < -0.39 is 34.7 Å². The summed E-state index contributed by atoms with van der Waals surface area (Å²) >= 11 is 5.39. The van der Waals surface area contributed by atoms with Gasteiger partial charge in [0.1, 0.15) is 35.5 Å². The Bertz CT molecular complexity index is 2290. The second-order valence-electron chi connectivity index (χ2n) is 12.1. The third kappa shape index (κ3) is 6.53. The summed E-state index contributed by atoms with van der Waals surface area (Å²) in [5.41, 5.74) is 2.94. The smallest absolute Gasteiger partial charge is 0.353 e. The Morgan fingerprint density at radius 3 is 2.11 bits per heavy atom. The van der Waals surface area contributed by atoms with Gasteiger partial charge in [0.2, 0.25) is 0 Å². The van der Waals surface area contributed by atoms with Gasteiger partial charge in [-0.1, -0.05) is 120 Å². The number of oxime groups is 1. The van der Waals surface area contributed by atoms with Gasteiger partial charge in [-0.3, -0.25) is 14.5 Å². The lowest BCUT2D eigenvalue weighted by atomic mass is 9.77. The Morgan fingerprint density at radius 1 is 0.907 bits per heavy atom. The molecule has 2 amide bonds. The Hall–Kier alpha value is -5.48. The highest BCUT2D eigenvalue weighted by atomic mass is 32.2. The largest absolute Gasteiger partial charge is 0.477 e. The number of fused-ring (bicyclic) bond motifs is 2. The molecule has 2 aliphatic heterocycles. The van der Waals surface area contributed by atoms with Crippen LogP contribution in [0.1, 0.15) is 22.4 Å². The van der Waals surface area contributed by atoms with Crippen LogP contribution in [-0.4, -0.2) is 67.7 Å². The Kier molecular flexibility index (Phi) is 9.94. The van der Waals surface area contributed by atoms with Crippen molar-refractivity contribution in [1.29, 1.82) is 0 Å². The van der Waals surface area contributed by atoms with Crippen LogP contribution >= 0.6 is 46.2 Å². The number of anilines is 1. The number of thiazole rings is 2. The zero-order valence-electron chi connectivity index (χ0n) is 28.4. The molecular weight excluding hydrogens is 761 g/mol. The number of aromatic nitrogens is 2. The second kappa shape index (κ2) is 15.1. The summed E-state index contributed by atoms with van der Waals surface area (Å²) in [5.74, 6) is -2.10. The van der Waals surface area contributed by atoms with E-state index in [4.69, 9.17) is 9.82 Å². The third-order valence-corrected chi connectivity index (χ3v) is 13.4. The number of nitrogens with one attached hydrogen (secondary N) is 2. The molecule has 54 heavy (non-hydrogen) atoms. The quantitative estimate of drug-likeness (QED) is 0.0513. The second-order valence-corrected chi connectivity index (χ2v) is 16.5. The Morgan fingerprint density at radius 2 is 1.52 bits per heavy atom. The first kappa shape index (κ1) is 35.5. The van der Waals surface area contributed by atoms with E-state index in [1.807, 2.05) is 78.9 Å². The molecule has 4 aromatic carbocycles. The van der Waals surface area contributed by atoms with Crippen LogP contribution in [0.5, 0.6) is 0 Å². The molecule has 2 aliphatic rings. The summed E-state index contributed by atoms with van der Waals surface area (Å²) in [5, 5.41) is 22.3. The van der Waals surface area contributed by atoms with Crippen molar-refractivity contribution in [2.45, 2.75) is 21.3 Å². The molecule has 1 fully saturated rings. The number of para-hydroxylation sites is 1. The highest BCUT2D eigenvalue weighted by molar-refractivity contribution is 8.07. The maximum atomic E-state index is 13.8. The number of rotatable bonds is 12. The van der Waals surface area contributed by atoms with Crippen LogP contribution in [0, 0.1) is 0 Å². The number of thioether (sulfide) groups is 2. The average Bonchev–Trinajstić information content (AvgIpc) is 3.85. The van der Waals surface area contributed by atoms with Crippen LogP contribution in [0.4, 0.5) is 5.13 Å². The number of hydrogen-bond donors (Lipinski definition) is 3. The van der Waals surface area contributed by atoms with E-state index in [9.17, 15) is 19.5 Å². The molecule has 15 heteroatoms. The Balaban J connectivity index is 1.04. The minimum absolute atomic E-state index is 0.0989. The fourth-order valence-corrected chi connectivity index (χ4v) is 11.0. The summed E-state index contributed by atoms with van der Waals surface area (Å²) in [6, 6.07) is 36.9. The topological polar surface area (TPSA) is 146 Å². The van der Waals surface area contributed by atoms with Crippen molar-refractivity contribution < 1.29 is 24.3 Å². The molecule has 0 spiro atoms. The van der Waals surface area contributed by atoms with E-state index in [-0.39, 0.29) is 17.1 Å². The zero-order valence-corrected chi connectivity index (χ0v) is 31.7.